The number of hydrogen-bond donors (Lipinski definition) is 2. The summed E-state index contributed by atoms with van der Waals surface area (Å²) < 4.78 is 1.39. The summed E-state index contributed by atoms with van der Waals surface area (Å²) in [7, 11) is 0. The van der Waals surface area contributed by atoms with E-state index in [2.05, 4.69) is 5.32 Å². The average Bonchev–Trinajstić information content (AvgIpc) is 2.60. The topological polar surface area (TPSA) is 88.4 Å². The molecule has 1 aromatic rings. The second kappa shape index (κ2) is 6.34. The summed E-state index contributed by atoms with van der Waals surface area (Å²) in [5, 5.41) is 13.0. The van der Waals surface area contributed by atoms with Crippen molar-refractivity contribution in [2.24, 2.45) is 5.92 Å². The highest BCUT2D eigenvalue weighted by Crippen LogP contribution is 2.01. The first-order valence-electron chi connectivity index (χ1n) is 5.56. The van der Waals surface area contributed by atoms with Gasteiger partial charge in [-0.25, -0.2) is 0 Å². The number of carbonyl (C=O) groups excluding carboxylic acids is 1. The molecule has 100 valence electrons. The lowest BCUT2D eigenvalue weighted by Gasteiger charge is -2.08. The largest absolute Gasteiger partial charge is 0.481 e. The maximum absolute atomic E-state index is 11.6. The van der Waals surface area contributed by atoms with Crippen molar-refractivity contribution in [3.05, 3.63) is 20.7 Å². The van der Waals surface area contributed by atoms with Crippen LogP contribution in [0.3, 0.4) is 0 Å². The van der Waals surface area contributed by atoms with Gasteiger partial charge in [-0.2, -0.15) is 0 Å². The van der Waals surface area contributed by atoms with E-state index in [-0.39, 0.29) is 17.3 Å². The highest BCUT2D eigenvalue weighted by Gasteiger charge is 2.12. The van der Waals surface area contributed by atoms with Crippen LogP contribution in [0.25, 0.3) is 0 Å². The molecular formula is C11H16N2O4S. The number of nitrogens with zero attached hydrogens (tertiary/aromatic N) is 1. The van der Waals surface area contributed by atoms with Gasteiger partial charge in [-0.05, 0) is 13.3 Å². The highest BCUT2D eigenvalue weighted by molar-refractivity contribution is 7.07. The molecule has 0 fully saturated rings. The van der Waals surface area contributed by atoms with Crippen LogP contribution in [0.1, 0.15) is 19.0 Å². The molecule has 0 spiro atoms. The minimum absolute atomic E-state index is 0.0182. The van der Waals surface area contributed by atoms with Gasteiger partial charge in [0.15, 0.2) is 0 Å². The van der Waals surface area contributed by atoms with Gasteiger partial charge in [0, 0.05) is 17.6 Å². The predicted octanol–water partition coefficient (Wildman–Crippen LogP) is 0.445. The standard InChI is InChI=1S/C11H16N2O4S/c1-7(10(15)16)3-4-12-9(14)5-13-8(2)6-18-11(13)17/h6-7H,3-5H2,1-2H3,(H,12,14)(H,15,16). The van der Waals surface area contributed by atoms with Crippen LogP contribution in [-0.4, -0.2) is 28.1 Å². The fraction of sp³-hybridized carbons (Fsp3) is 0.545. The van der Waals surface area contributed by atoms with Gasteiger partial charge in [-0.1, -0.05) is 18.3 Å². The van der Waals surface area contributed by atoms with Crippen molar-refractivity contribution in [1.29, 1.82) is 0 Å². The number of nitrogens with one attached hydrogen (secondary N) is 1. The third-order valence-corrected chi connectivity index (χ3v) is 3.48. The summed E-state index contributed by atoms with van der Waals surface area (Å²) >= 11 is 1.06. The van der Waals surface area contributed by atoms with Crippen LogP contribution in [0.4, 0.5) is 0 Å². The summed E-state index contributed by atoms with van der Waals surface area (Å²) in [5.74, 6) is -1.65. The first kappa shape index (κ1) is 14.4. The first-order chi connectivity index (χ1) is 8.41. The molecule has 1 atom stereocenters. The zero-order valence-electron chi connectivity index (χ0n) is 10.3. The van der Waals surface area contributed by atoms with Crippen molar-refractivity contribution in [2.45, 2.75) is 26.8 Å². The number of amides is 1. The van der Waals surface area contributed by atoms with Crippen LogP contribution >= 0.6 is 11.3 Å². The molecule has 0 aliphatic carbocycles. The van der Waals surface area contributed by atoms with E-state index in [4.69, 9.17) is 5.11 Å². The minimum Gasteiger partial charge on any atom is -0.481 e. The first-order valence-corrected chi connectivity index (χ1v) is 6.44. The van der Waals surface area contributed by atoms with E-state index in [1.54, 1.807) is 19.2 Å². The summed E-state index contributed by atoms with van der Waals surface area (Å²) in [6.07, 6.45) is 0.374. The van der Waals surface area contributed by atoms with Gasteiger partial charge in [0.2, 0.25) is 5.91 Å². The van der Waals surface area contributed by atoms with Crippen molar-refractivity contribution in [1.82, 2.24) is 9.88 Å². The van der Waals surface area contributed by atoms with E-state index in [0.717, 1.165) is 17.0 Å². The molecule has 0 aliphatic rings. The van der Waals surface area contributed by atoms with E-state index in [9.17, 15) is 14.4 Å². The molecule has 7 heteroatoms. The molecule has 2 N–H and O–H groups in total. The number of carboxylic acid groups (broad SMARTS) is 1. The fourth-order valence-electron chi connectivity index (χ4n) is 1.35. The molecular weight excluding hydrogens is 256 g/mol. The lowest BCUT2D eigenvalue weighted by Crippen LogP contribution is -2.32. The van der Waals surface area contributed by atoms with E-state index in [1.807, 2.05) is 0 Å². The number of hydrogen-bond acceptors (Lipinski definition) is 4. The smallest absolute Gasteiger partial charge is 0.307 e. The van der Waals surface area contributed by atoms with Gasteiger partial charge in [0.05, 0.1) is 5.92 Å². The van der Waals surface area contributed by atoms with Gasteiger partial charge in [0.25, 0.3) is 0 Å². The average molecular weight is 272 g/mol. The Morgan fingerprint density at radius 3 is 2.72 bits per heavy atom. The molecule has 0 aliphatic heterocycles. The Labute approximate surface area is 108 Å². The van der Waals surface area contributed by atoms with Crippen LogP contribution in [0.15, 0.2) is 10.2 Å². The molecule has 1 heterocycles. The predicted molar refractivity (Wildman–Crippen MR) is 67.7 cm³/mol. The Bertz CT molecular complexity index is 491. The van der Waals surface area contributed by atoms with E-state index in [1.165, 1.54) is 4.57 Å². The zero-order chi connectivity index (χ0) is 13.7. The SMILES string of the molecule is Cc1csc(=O)n1CC(=O)NCCC(C)C(=O)O. The number of thiazole rings is 1. The van der Waals surface area contributed by atoms with Crippen LogP contribution in [-0.2, 0) is 16.1 Å². The van der Waals surface area contributed by atoms with Gasteiger partial charge in [0.1, 0.15) is 6.54 Å². The van der Waals surface area contributed by atoms with Crippen molar-refractivity contribution in [3.8, 4) is 0 Å². The number of aliphatic carboxylic acids is 1. The third kappa shape index (κ3) is 3.99. The normalized spacial score (nSPS) is 12.1. The number of carbonyl (C=O) groups is 2. The molecule has 0 aromatic carbocycles. The number of carboxylic acids is 1. The molecule has 1 aromatic heterocycles. The van der Waals surface area contributed by atoms with Crippen LogP contribution < -0.4 is 10.2 Å². The van der Waals surface area contributed by atoms with Gasteiger partial charge >= 0.3 is 10.8 Å². The highest BCUT2D eigenvalue weighted by atomic mass is 32.1. The van der Waals surface area contributed by atoms with Gasteiger partial charge in [-0.15, -0.1) is 0 Å². The molecule has 0 saturated carbocycles. The van der Waals surface area contributed by atoms with E-state index in [0.29, 0.717) is 13.0 Å². The number of aromatic nitrogens is 1. The Kier molecular flexibility index (Phi) is 5.08. The molecule has 1 rings (SSSR count). The molecule has 18 heavy (non-hydrogen) atoms. The maximum atomic E-state index is 11.6. The lowest BCUT2D eigenvalue weighted by molar-refractivity contribution is -0.141. The maximum Gasteiger partial charge on any atom is 0.307 e. The number of aryl methyl sites for hydroxylation is 1. The van der Waals surface area contributed by atoms with Gasteiger partial charge in [-0.3, -0.25) is 19.0 Å². The van der Waals surface area contributed by atoms with Crippen LogP contribution in [0, 0.1) is 12.8 Å². The van der Waals surface area contributed by atoms with E-state index >= 15 is 0 Å². The molecule has 0 bridgehead atoms. The van der Waals surface area contributed by atoms with Crippen molar-refractivity contribution >= 4 is 23.2 Å². The molecule has 1 amide bonds. The van der Waals surface area contributed by atoms with Crippen molar-refractivity contribution < 1.29 is 14.7 Å². The van der Waals surface area contributed by atoms with Gasteiger partial charge < -0.3 is 10.4 Å². The second-order valence-corrected chi connectivity index (χ2v) is 4.93. The zero-order valence-corrected chi connectivity index (χ0v) is 11.1. The van der Waals surface area contributed by atoms with Crippen LogP contribution in [0.5, 0.6) is 0 Å². The molecule has 6 nitrogen and oxygen atoms in total. The van der Waals surface area contributed by atoms with Crippen molar-refractivity contribution in [3.63, 3.8) is 0 Å². The Balaban J connectivity index is 2.39. The Morgan fingerprint density at radius 2 is 2.22 bits per heavy atom. The van der Waals surface area contributed by atoms with E-state index < -0.39 is 11.9 Å². The molecule has 1 unspecified atom stereocenters. The fourth-order valence-corrected chi connectivity index (χ4v) is 2.08. The van der Waals surface area contributed by atoms with Crippen molar-refractivity contribution in [2.75, 3.05) is 6.54 Å². The number of rotatable bonds is 6. The van der Waals surface area contributed by atoms with Crippen LogP contribution in [0.2, 0.25) is 0 Å². The quantitative estimate of drug-likeness (QED) is 0.786. The monoisotopic (exact) mass is 272 g/mol. The lowest BCUT2D eigenvalue weighted by atomic mass is 10.1. The summed E-state index contributed by atoms with van der Waals surface area (Å²) in [4.78, 5) is 33.3. The minimum atomic E-state index is -0.880. The second-order valence-electron chi connectivity index (χ2n) is 4.11. The molecule has 0 radical (unpaired) electrons. The summed E-state index contributed by atoms with van der Waals surface area (Å²) in [6, 6.07) is 0. The molecule has 0 saturated heterocycles. The Morgan fingerprint density at radius 1 is 1.56 bits per heavy atom. The summed E-state index contributed by atoms with van der Waals surface area (Å²) in [5.41, 5.74) is 0.749. The third-order valence-electron chi connectivity index (χ3n) is 2.60. The summed E-state index contributed by atoms with van der Waals surface area (Å²) in [6.45, 7) is 3.62. The Hall–Kier alpha value is -1.63.